The van der Waals surface area contributed by atoms with Gasteiger partial charge in [-0.05, 0) is 51.2 Å². The lowest BCUT2D eigenvalue weighted by Gasteiger charge is -2.38. The largest absolute Gasteiger partial charge is 0.507 e. The van der Waals surface area contributed by atoms with Crippen LogP contribution in [0.25, 0.3) is 10.8 Å². The number of benzene rings is 2. The number of phenols is 3. The van der Waals surface area contributed by atoms with E-state index in [1.54, 1.807) is 63.5 Å². The normalized spacial score (nSPS) is 27.7. The molecule has 20 nitrogen and oxygen atoms in total. The molecule has 4 aliphatic heterocycles. The van der Waals surface area contributed by atoms with Gasteiger partial charge >= 0.3 is 11.8 Å². The smallest absolute Gasteiger partial charge is 0.312 e. The third kappa shape index (κ3) is 12.7. The van der Waals surface area contributed by atoms with Crippen molar-refractivity contribution in [3.63, 3.8) is 0 Å². The maximum Gasteiger partial charge on any atom is 0.312 e. The van der Waals surface area contributed by atoms with E-state index in [-0.39, 0.29) is 44.5 Å². The quantitative estimate of drug-likeness (QED) is 0.0354. The molecule has 20 heteroatoms. The number of hydrogen-bond acceptors (Lipinski definition) is 19. The Morgan fingerprint density at radius 3 is 2.22 bits per heavy atom. The molecule has 6 heterocycles. The van der Waals surface area contributed by atoms with Gasteiger partial charge in [-0.15, -0.1) is 0 Å². The van der Waals surface area contributed by atoms with Gasteiger partial charge in [0, 0.05) is 99.7 Å². The number of rotatable bonds is 7. The van der Waals surface area contributed by atoms with Crippen LogP contribution in [-0.4, -0.2) is 146 Å². The molecular weight excluding hydrogens is 953 g/mol. The third-order valence-electron chi connectivity index (χ3n) is 13.6. The van der Waals surface area contributed by atoms with Gasteiger partial charge in [0.15, 0.2) is 5.75 Å². The number of methoxy groups -OCH3 is 1. The molecule has 4 aliphatic rings. The van der Waals surface area contributed by atoms with Gasteiger partial charge in [0.1, 0.15) is 29.2 Å². The number of piperazine rings is 1. The van der Waals surface area contributed by atoms with Crippen LogP contribution in [0.2, 0.25) is 0 Å². The first kappa shape index (κ1) is 55.9. The van der Waals surface area contributed by atoms with Crippen LogP contribution in [0.3, 0.4) is 0 Å². The molecular formula is C54H68N8O12. The summed E-state index contributed by atoms with van der Waals surface area (Å²) in [5, 5.41) is 70.9. The minimum atomic E-state index is -2.04. The van der Waals surface area contributed by atoms with Crippen LogP contribution in [0.1, 0.15) is 75.6 Å². The van der Waals surface area contributed by atoms with E-state index in [1.807, 2.05) is 43.4 Å². The molecule has 0 radical (unpaired) electrons. The molecule has 8 rings (SSSR count). The van der Waals surface area contributed by atoms with Crippen molar-refractivity contribution in [1.29, 1.82) is 0 Å². The summed E-state index contributed by atoms with van der Waals surface area (Å²) in [5.41, 5.74) is 3.27. The fourth-order valence-electron chi connectivity index (χ4n) is 8.97. The van der Waals surface area contributed by atoms with E-state index < -0.39 is 88.8 Å². The molecule has 4 aromatic rings. The van der Waals surface area contributed by atoms with E-state index >= 15 is 0 Å². The summed E-state index contributed by atoms with van der Waals surface area (Å²) in [5.74, 6) is -7.63. The molecule has 0 aliphatic carbocycles. The first-order valence-electron chi connectivity index (χ1n) is 24.3. The number of ketones is 1. The van der Waals surface area contributed by atoms with Crippen LogP contribution >= 0.6 is 0 Å². The van der Waals surface area contributed by atoms with Crippen LogP contribution in [0.15, 0.2) is 95.1 Å². The first-order chi connectivity index (χ1) is 35.2. The van der Waals surface area contributed by atoms with Crippen molar-refractivity contribution in [3.8, 4) is 23.0 Å². The van der Waals surface area contributed by atoms with Crippen LogP contribution in [0, 0.1) is 30.6 Å². The van der Waals surface area contributed by atoms with Gasteiger partial charge in [0.2, 0.25) is 0 Å². The highest BCUT2D eigenvalue weighted by Gasteiger charge is 2.50. The number of nitrogens with one attached hydrogen (secondary N) is 2. The zero-order valence-corrected chi connectivity index (χ0v) is 43.4. The fraction of sp³-hybridized carbons (Fsp3) is 0.426. The number of nitrogens with zero attached hydrogens (tertiary/aromatic N) is 6. The number of amides is 1. The summed E-state index contributed by atoms with van der Waals surface area (Å²) in [6.07, 6.45) is 9.94. The Labute approximate surface area is 430 Å². The van der Waals surface area contributed by atoms with Gasteiger partial charge in [-0.2, -0.15) is 10.2 Å². The van der Waals surface area contributed by atoms with Crippen molar-refractivity contribution in [1.82, 2.24) is 19.9 Å². The highest BCUT2D eigenvalue weighted by atomic mass is 16.7. The highest BCUT2D eigenvalue weighted by molar-refractivity contribution is 6.23. The highest BCUT2D eigenvalue weighted by Crippen LogP contribution is 2.55. The molecule has 1 fully saturated rings. The Kier molecular flexibility index (Phi) is 18.6. The minimum absolute atomic E-state index is 0.0559. The fourth-order valence-corrected chi connectivity index (χ4v) is 8.97. The Morgan fingerprint density at radius 2 is 1.58 bits per heavy atom. The lowest BCUT2D eigenvalue weighted by molar-refractivity contribution is -0.160. The van der Waals surface area contributed by atoms with E-state index in [0.717, 1.165) is 18.8 Å². The number of allylic oxidation sites excluding steroid dienone is 2. The molecule has 0 saturated carbocycles. The lowest BCUT2D eigenvalue weighted by Crippen LogP contribution is -2.46. The van der Waals surface area contributed by atoms with Crippen LogP contribution in [0.5, 0.6) is 23.0 Å². The minimum Gasteiger partial charge on any atom is -0.507 e. The number of ether oxygens (including phenoxy) is 4. The van der Waals surface area contributed by atoms with Crippen molar-refractivity contribution >= 4 is 52.4 Å². The van der Waals surface area contributed by atoms with E-state index in [2.05, 4.69) is 35.8 Å². The average Bonchev–Trinajstić information content (AvgIpc) is 3.65. The monoisotopic (exact) mass is 1020 g/mol. The van der Waals surface area contributed by atoms with Crippen molar-refractivity contribution in [2.24, 2.45) is 33.9 Å². The molecule has 7 N–H and O–H groups in total. The summed E-state index contributed by atoms with van der Waals surface area (Å²) in [7, 11) is 3.42. The predicted octanol–water partition coefficient (Wildman–Crippen LogP) is 6.26. The molecule has 0 spiro atoms. The van der Waals surface area contributed by atoms with Gasteiger partial charge in [-0.25, -0.2) is 4.98 Å². The van der Waals surface area contributed by atoms with E-state index in [9.17, 15) is 39.9 Å². The van der Waals surface area contributed by atoms with Crippen LogP contribution < -0.4 is 15.5 Å². The number of aliphatic hydroxyl groups excluding tert-OH is 2. The number of carbonyl (C=O) groups is 3. The second-order valence-corrected chi connectivity index (χ2v) is 19.0. The predicted molar refractivity (Wildman–Crippen MR) is 280 cm³/mol. The van der Waals surface area contributed by atoms with E-state index in [4.69, 9.17) is 18.9 Å². The zero-order valence-electron chi connectivity index (χ0n) is 43.4. The van der Waals surface area contributed by atoms with Gasteiger partial charge < -0.3 is 54.7 Å². The van der Waals surface area contributed by atoms with E-state index in [0.29, 0.717) is 18.9 Å². The number of anilines is 2. The topological polar surface area (TPSA) is 270 Å². The summed E-state index contributed by atoms with van der Waals surface area (Å²) in [6, 6.07) is 11.2. The number of hydrogen-bond donors (Lipinski definition) is 7. The van der Waals surface area contributed by atoms with Crippen LogP contribution in [0.4, 0.5) is 11.5 Å². The number of esters is 1. The number of aromatic nitrogens is 2. The number of aliphatic hydroxyl groups is 2. The summed E-state index contributed by atoms with van der Waals surface area (Å²) >= 11 is 0. The molecule has 0 unspecified atom stereocenters. The molecule has 74 heavy (non-hydrogen) atoms. The Balaban J connectivity index is 0.000000505. The second kappa shape index (κ2) is 24.6. The van der Waals surface area contributed by atoms with Gasteiger partial charge in [-0.3, -0.25) is 29.8 Å². The first-order valence-corrected chi connectivity index (χ1v) is 24.3. The van der Waals surface area contributed by atoms with Gasteiger partial charge in [0.25, 0.3) is 11.7 Å². The number of Topliss-reactive ketones (excluding diaryl/α,β-unsaturated/α-hetero) is 1. The number of pyridine rings is 2. The Morgan fingerprint density at radius 1 is 0.892 bits per heavy atom. The molecule has 1 saturated heterocycles. The summed E-state index contributed by atoms with van der Waals surface area (Å²) in [4.78, 5) is 50.8. The number of carbonyl (C=O) groups excluding carboxylic acids is 3. The standard InChI is InChI=1S/C43H58N4O12.C11H10N4/c1-21-12-11-13-22(2)42(55)45-33-28(20-44-47-17-15-46(9)16-18-47)37(52)30-31(38(33)53)36(51)26(6)40-32(30)41(54)43(8,59-40)57-19-14-29(56-10)23(3)39(58-27(7)48)25(5)35(50)24(4)34(21)49;1-3-7-12-10(5-1)9-14-15-11-6-2-4-8-13-11/h11-14,19-21,23-25,29,34-35,39,49-53H,15-18H2,1-10H3,(H,45,55);1-9H,(H,13,15)/b12-11+,19-14+,22-13-,44-20+;14-9+/t21-,23+,24+,25+,29-,34-,35+,39+,43-;/m0./s1. The number of phenolic OH excluding ortho intramolecular Hbond substituents is 3. The maximum absolute atomic E-state index is 14.4. The van der Waals surface area contributed by atoms with Crippen LogP contribution in [-0.2, 0) is 23.8 Å². The molecule has 9 atom stereocenters. The molecule has 2 aromatic heterocycles. The lowest BCUT2D eigenvalue weighted by atomic mass is 9.78. The molecule has 1 amide bonds. The zero-order chi connectivity index (χ0) is 54.0. The number of aromatic hydroxyl groups is 3. The number of fused-ring (bicyclic) bond motifs is 14. The summed E-state index contributed by atoms with van der Waals surface area (Å²) < 4.78 is 23.6. The summed E-state index contributed by atoms with van der Waals surface area (Å²) in [6.45, 7) is 15.1. The molecule has 396 valence electrons. The van der Waals surface area contributed by atoms with Crippen molar-refractivity contribution in [2.75, 3.05) is 51.1 Å². The van der Waals surface area contributed by atoms with Gasteiger partial charge in [0.05, 0.1) is 64.9 Å². The second-order valence-electron chi connectivity index (χ2n) is 19.0. The third-order valence-corrected chi connectivity index (χ3v) is 13.6. The Bertz CT molecular complexity index is 2800. The maximum atomic E-state index is 14.4. The van der Waals surface area contributed by atoms with Crippen molar-refractivity contribution in [3.05, 3.63) is 107 Å². The van der Waals surface area contributed by atoms with Gasteiger partial charge in [-0.1, -0.05) is 58.1 Å². The molecule has 2 aromatic carbocycles. The van der Waals surface area contributed by atoms with Crippen molar-refractivity contribution in [2.45, 2.75) is 85.6 Å². The van der Waals surface area contributed by atoms with Crippen molar-refractivity contribution < 1.29 is 58.9 Å². The number of likely N-dealkylation sites (N-methyl/N-ethyl adjacent to an activating group) is 1. The Hall–Kier alpha value is -7.39. The average molecular weight is 1020 g/mol. The SMILES string of the molecule is C(=N\Nc1ccccn1)/c1ccccn1.CO[C@H]1/C=C/O[C@@]2(C)Oc3c(C)c(O)c4c(O)c(c(/C=N/N5CCN(C)CC5)c(O)c4c3C2=O)NC(=O)/C(C)=C\C=C\[C@H](C)[C@H](O)[C@@H](C)[C@@H](O)[C@@H](C)[C@H](OC(C)=O)[C@@H]1C. The van der Waals surface area contributed by atoms with E-state index in [1.165, 1.54) is 59.4 Å². The molecule has 5 bridgehead atoms. The number of hydrazone groups is 2.